The molecule has 1 aromatic rings. The van der Waals surface area contributed by atoms with E-state index in [2.05, 4.69) is 19.9 Å². The second-order valence-corrected chi connectivity index (χ2v) is 5.87. The van der Waals surface area contributed by atoms with Crippen molar-refractivity contribution in [3.63, 3.8) is 0 Å². The van der Waals surface area contributed by atoms with Gasteiger partial charge in [-0.1, -0.05) is 32.0 Å². The van der Waals surface area contributed by atoms with E-state index in [0.717, 1.165) is 36.5 Å². The second-order valence-electron chi connectivity index (χ2n) is 5.87. The van der Waals surface area contributed by atoms with Gasteiger partial charge in [0.1, 0.15) is 5.75 Å². The van der Waals surface area contributed by atoms with Crippen LogP contribution < -0.4 is 4.74 Å². The second kappa shape index (κ2) is 5.31. The predicted octanol–water partition coefficient (Wildman–Crippen LogP) is 3.42. The quantitative estimate of drug-likeness (QED) is 0.888. The van der Waals surface area contributed by atoms with Crippen molar-refractivity contribution >= 4 is 0 Å². The lowest BCUT2D eigenvalue weighted by molar-refractivity contribution is -0.0525. The third kappa shape index (κ3) is 2.69. The van der Waals surface area contributed by atoms with Crippen molar-refractivity contribution in [2.45, 2.75) is 45.1 Å². The SMILES string of the molecule is COc1ccccc1CC1(O)CCC(C)CC1C. The zero-order chi connectivity index (χ0) is 13.2. The molecular formula is C16H24O2. The van der Waals surface area contributed by atoms with E-state index in [1.54, 1.807) is 7.11 Å². The van der Waals surface area contributed by atoms with Gasteiger partial charge in [-0.05, 0) is 42.7 Å². The van der Waals surface area contributed by atoms with Crippen LogP contribution in [0.15, 0.2) is 24.3 Å². The average Bonchev–Trinajstić information content (AvgIpc) is 2.35. The lowest BCUT2D eigenvalue weighted by Gasteiger charge is -2.41. The van der Waals surface area contributed by atoms with Crippen molar-refractivity contribution in [1.29, 1.82) is 0 Å². The first kappa shape index (κ1) is 13.4. The Bertz CT molecular complexity index is 402. The van der Waals surface area contributed by atoms with E-state index >= 15 is 0 Å². The number of rotatable bonds is 3. The topological polar surface area (TPSA) is 29.5 Å². The third-order valence-corrected chi connectivity index (χ3v) is 4.43. The number of aliphatic hydroxyl groups is 1. The smallest absolute Gasteiger partial charge is 0.122 e. The molecule has 0 bridgehead atoms. The van der Waals surface area contributed by atoms with Gasteiger partial charge in [-0.3, -0.25) is 0 Å². The molecule has 0 spiro atoms. The molecule has 0 heterocycles. The number of ether oxygens (including phenoxy) is 1. The molecule has 1 aliphatic carbocycles. The first-order valence-electron chi connectivity index (χ1n) is 6.89. The van der Waals surface area contributed by atoms with Crippen LogP contribution in [0.1, 0.15) is 38.7 Å². The molecule has 2 heteroatoms. The van der Waals surface area contributed by atoms with Gasteiger partial charge in [-0.2, -0.15) is 0 Å². The highest BCUT2D eigenvalue weighted by Crippen LogP contribution is 2.39. The highest BCUT2D eigenvalue weighted by atomic mass is 16.5. The van der Waals surface area contributed by atoms with Crippen molar-refractivity contribution in [1.82, 2.24) is 0 Å². The third-order valence-electron chi connectivity index (χ3n) is 4.43. The summed E-state index contributed by atoms with van der Waals surface area (Å²) < 4.78 is 5.38. The highest BCUT2D eigenvalue weighted by molar-refractivity contribution is 5.34. The zero-order valence-corrected chi connectivity index (χ0v) is 11.6. The number of para-hydroxylation sites is 1. The Kier molecular flexibility index (Phi) is 3.96. The van der Waals surface area contributed by atoms with E-state index in [0.29, 0.717) is 12.3 Å². The van der Waals surface area contributed by atoms with E-state index < -0.39 is 5.60 Å². The number of methoxy groups -OCH3 is 1. The fourth-order valence-electron chi connectivity index (χ4n) is 3.12. The molecule has 1 saturated carbocycles. The summed E-state index contributed by atoms with van der Waals surface area (Å²) in [5.74, 6) is 1.97. The summed E-state index contributed by atoms with van der Waals surface area (Å²) in [4.78, 5) is 0. The van der Waals surface area contributed by atoms with Crippen molar-refractivity contribution in [3.05, 3.63) is 29.8 Å². The van der Waals surface area contributed by atoms with Gasteiger partial charge < -0.3 is 9.84 Å². The van der Waals surface area contributed by atoms with E-state index in [1.807, 2.05) is 18.2 Å². The van der Waals surface area contributed by atoms with Gasteiger partial charge in [0.15, 0.2) is 0 Å². The van der Waals surface area contributed by atoms with Crippen LogP contribution in [0, 0.1) is 11.8 Å². The Labute approximate surface area is 110 Å². The Morgan fingerprint density at radius 2 is 2.06 bits per heavy atom. The van der Waals surface area contributed by atoms with Gasteiger partial charge in [0, 0.05) is 6.42 Å². The summed E-state index contributed by atoms with van der Waals surface area (Å²) in [5, 5.41) is 10.9. The molecule has 3 unspecified atom stereocenters. The molecule has 0 amide bonds. The van der Waals surface area contributed by atoms with E-state index in [-0.39, 0.29) is 0 Å². The Hall–Kier alpha value is -1.02. The summed E-state index contributed by atoms with van der Waals surface area (Å²) in [6.07, 6.45) is 3.83. The highest BCUT2D eigenvalue weighted by Gasteiger charge is 2.38. The fourth-order valence-corrected chi connectivity index (χ4v) is 3.12. The van der Waals surface area contributed by atoms with Gasteiger partial charge in [-0.15, -0.1) is 0 Å². The summed E-state index contributed by atoms with van der Waals surface area (Å²) in [5.41, 5.74) is 0.546. The summed E-state index contributed by atoms with van der Waals surface area (Å²) in [7, 11) is 1.69. The molecule has 0 aliphatic heterocycles. The molecule has 3 atom stereocenters. The van der Waals surface area contributed by atoms with Crippen LogP contribution in [0.25, 0.3) is 0 Å². The van der Waals surface area contributed by atoms with Gasteiger partial charge >= 0.3 is 0 Å². The first-order chi connectivity index (χ1) is 8.55. The van der Waals surface area contributed by atoms with Crippen molar-refractivity contribution in [2.24, 2.45) is 11.8 Å². The Balaban J connectivity index is 2.17. The largest absolute Gasteiger partial charge is 0.496 e. The molecule has 1 aliphatic rings. The molecule has 1 fully saturated rings. The number of hydrogen-bond acceptors (Lipinski definition) is 2. The minimum atomic E-state index is -0.568. The molecular weight excluding hydrogens is 224 g/mol. The van der Waals surface area contributed by atoms with E-state index in [4.69, 9.17) is 4.74 Å². The van der Waals surface area contributed by atoms with Crippen molar-refractivity contribution in [3.8, 4) is 5.75 Å². The van der Waals surface area contributed by atoms with Crippen LogP contribution in [0.5, 0.6) is 5.75 Å². The molecule has 2 rings (SSSR count). The summed E-state index contributed by atoms with van der Waals surface area (Å²) >= 11 is 0. The van der Waals surface area contributed by atoms with Crippen LogP contribution in [0.3, 0.4) is 0 Å². The standard InChI is InChI=1S/C16H24O2/c1-12-8-9-16(17,13(2)10-12)11-14-6-4-5-7-15(14)18-3/h4-7,12-13,17H,8-11H2,1-3H3. The monoisotopic (exact) mass is 248 g/mol. The fraction of sp³-hybridized carbons (Fsp3) is 0.625. The van der Waals surface area contributed by atoms with Crippen LogP contribution in [0.2, 0.25) is 0 Å². The molecule has 1 N–H and O–H groups in total. The zero-order valence-electron chi connectivity index (χ0n) is 11.6. The van der Waals surface area contributed by atoms with Gasteiger partial charge in [0.2, 0.25) is 0 Å². The van der Waals surface area contributed by atoms with Crippen LogP contribution in [-0.4, -0.2) is 17.8 Å². The van der Waals surface area contributed by atoms with Gasteiger partial charge in [0.25, 0.3) is 0 Å². The molecule has 1 aromatic carbocycles. The Morgan fingerprint density at radius 3 is 2.72 bits per heavy atom. The molecule has 2 nitrogen and oxygen atoms in total. The molecule has 0 saturated heterocycles. The maximum atomic E-state index is 10.9. The maximum Gasteiger partial charge on any atom is 0.122 e. The van der Waals surface area contributed by atoms with Crippen LogP contribution in [0.4, 0.5) is 0 Å². The molecule has 0 aromatic heterocycles. The lowest BCUT2D eigenvalue weighted by atomic mass is 9.70. The maximum absolute atomic E-state index is 10.9. The average molecular weight is 248 g/mol. The summed E-state index contributed by atoms with van der Waals surface area (Å²) in [6, 6.07) is 8.01. The molecule has 18 heavy (non-hydrogen) atoms. The first-order valence-corrected chi connectivity index (χ1v) is 6.89. The van der Waals surface area contributed by atoms with Gasteiger partial charge in [0.05, 0.1) is 12.7 Å². The molecule has 100 valence electrons. The van der Waals surface area contributed by atoms with E-state index in [9.17, 15) is 5.11 Å². The van der Waals surface area contributed by atoms with Crippen LogP contribution >= 0.6 is 0 Å². The normalized spacial score (nSPS) is 32.2. The predicted molar refractivity (Wildman–Crippen MR) is 73.8 cm³/mol. The van der Waals surface area contributed by atoms with Gasteiger partial charge in [-0.25, -0.2) is 0 Å². The number of hydrogen-bond donors (Lipinski definition) is 1. The minimum Gasteiger partial charge on any atom is -0.496 e. The van der Waals surface area contributed by atoms with Crippen LogP contribution in [-0.2, 0) is 6.42 Å². The van der Waals surface area contributed by atoms with Crippen molar-refractivity contribution in [2.75, 3.05) is 7.11 Å². The lowest BCUT2D eigenvalue weighted by Crippen LogP contribution is -2.43. The molecule has 0 radical (unpaired) electrons. The number of benzene rings is 1. The van der Waals surface area contributed by atoms with E-state index in [1.165, 1.54) is 0 Å². The minimum absolute atomic E-state index is 0.353. The Morgan fingerprint density at radius 1 is 1.33 bits per heavy atom. The summed E-state index contributed by atoms with van der Waals surface area (Å²) in [6.45, 7) is 4.45. The van der Waals surface area contributed by atoms with Crippen molar-refractivity contribution < 1.29 is 9.84 Å².